The highest BCUT2D eigenvalue weighted by Gasteiger charge is 2.27. The highest BCUT2D eigenvalue weighted by atomic mass is 32.2. The number of carbonyl (C=O) groups excluding carboxylic acids is 1. The Hall–Kier alpha value is -4.24. The molecule has 200 valence electrons. The highest BCUT2D eigenvalue weighted by molar-refractivity contribution is 7.92. The molecule has 0 spiro atoms. The van der Waals surface area contributed by atoms with Gasteiger partial charge in [-0.25, -0.2) is 18.4 Å². The maximum Gasteiger partial charge on any atom is 0.258 e. The molecule has 0 atom stereocenters. The van der Waals surface area contributed by atoms with Crippen molar-refractivity contribution in [1.82, 2.24) is 9.97 Å². The Morgan fingerprint density at radius 2 is 1.64 bits per heavy atom. The number of fused-ring (bicyclic) bond motifs is 1. The van der Waals surface area contributed by atoms with Crippen molar-refractivity contribution in [3.05, 3.63) is 89.7 Å². The van der Waals surface area contributed by atoms with Crippen molar-refractivity contribution in [2.75, 3.05) is 22.4 Å². The first-order chi connectivity index (χ1) is 18.4. The van der Waals surface area contributed by atoms with Crippen LogP contribution in [-0.2, 0) is 21.9 Å². The number of hydrogen-bond acceptors (Lipinski definition) is 6. The molecule has 5 rings (SSSR count). The number of aromatic nitrogens is 2. The zero-order valence-corrected chi connectivity index (χ0v) is 23.1. The number of nitrogens with zero attached hydrogens (tertiary/aromatic N) is 3. The fraction of sp³-hybridized carbons (Fsp3) is 0.233. The van der Waals surface area contributed by atoms with E-state index < -0.39 is 10.0 Å². The lowest BCUT2D eigenvalue weighted by Crippen LogP contribution is -2.37. The Morgan fingerprint density at radius 3 is 2.33 bits per heavy atom. The molecule has 0 saturated heterocycles. The summed E-state index contributed by atoms with van der Waals surface area (Å²) >= 11 is 0. The van der Waals surface area contributed by atoms with Crippen molar-refractivity contribution in [3.63, 3.8) is 0 Å². The van der Waals surface area contributed by atoms with Gasteiger partial charge in [-0.15, -0.1) is 0 Å². The molecule has 0 fully saturated rings. The summed E-state index contributed by atoms with van der Waals surface area (Å²) in [6.07, 6.45) is 5.08. The van der Waals surface area contributed by atoms with Gasteiger partial charge in [-0.05, 0) is 70.5 Å². The van der Waals surface area contributed by atoms with Crippen molar-refractivity contribution in [1.29, 1.82) is 0 Å². The quantitative estimate of drug-likeness (QED) is 0.327. The molecule has 9 heteroatoms. The van der Waals surface area contributed by atoms with E-state index in [1.807, 2.05) is 12.1 Å². The molecule has 1 aromatic heterocycles. The van der Waals surface area contributed by atoms with Gasteiger partial charge in [0.2, 0.25) is 10.0 Å². The topological polar surface area (TPSA) is 112 Å². The number of benzene rings is 3. The molecule has 0 radical (unpaired) electrons. The molecular weight excluding hydrogens is 512 g/mol. The van der Waals surface area contributed by atoms with Crippen molar-refractivity contribution < 1.29 is 18.3 Å². The minimum atomic E-state index is -3.60. The van der Waals surface area contributed by atoms with Gasteiger partial charge in [-0.3, -0.25) is 9.52 Å². The van der Waals surface area contributed by atoms with Crippen LogP contribution >= 0.6 is 0 Å². The zero-order valence-electron chi connectivity index (χ0n) is 22.3. The molecule has 4 aromatic rings. The average Bonchev–Trinajstić information content (AvgIpc) is 2.89. The monoisotopic (exact) mass is 542 g/mol. The van der Waals surface area contributed by atoms with E-state index in [4.69, 9.17) is 0 Å². The molecule has 2 N–H and O–H groups in total. The van der Waals surface area contributed by atoms with Crippen molar-refractivity contribution in [2.24, 2.45) is 0 Å². The van der Waals surface area contributed by atoms with Crippen LogP contribution < -0.4 is 9.62 Å². The fourth-order valence-corrected chi connectivity index (χ4v) is 5.32. The van der Waals surface area contributed by atoms with Crippen LogP contribution in [0.5, 0.6) is 5.75 Å². The van der Waals surface area contributed by atoms with E-state index in [9.17, 15) is 18.3 Å². The van der Waals surface area contributed by atoms with Gasteiger partial charge in [0.05, 0.1) is 11.9 Å². The van der Waals surface area contributed by atoms with Gasteiger partial charge in [0.25, 0.3) is 5.91 Å². The number of hydrogen-bond donors (Lipinski definition) is 2. The molecular formula is C30H30N4O4S. The average molecular weight is 543 g/mol. The van der Waals surface area contributed by atoms with Crippen LogP contribution in [0.4, 0.5) is 11.4 Å². The van der Waals surface area contributed by atoms with E-state index in [-0.39, 0.29) is 22.8 Å². The molecule has 1 aliphatic rings. The van der Waals surface area contributed by atoms with Crippen LogP contribution in [0.15, 0.2) is 73.1 Å². The van der Waals surface area contributed by atoms with Gasteiger partial charge in [0, 0.05) is 35.8 Å². The number of carbonyl (C=O) groups is 1. The highest BCUT2D eigenvalue weighted by Crippen LogP contribution is 2.37. The van der Waals surface area contributed by atoms with Gasteiger partial charge >= 0.3 is 0 Å². The van der Waals surface area contributed by atoms with Crippen LogP contribution in [0.25, 0.3) is 22.5 Å². The summed E-state index contributed by atoms with van der Waals surface area (Å²) in [6, 6.07) is 18.4. The molecule has 0 saturated carbocycles. The maximum atomic E-state index is 13.5. The second-order valence-corrected chi connectivity index (χ2v) is 12.5. The van der Waals surface area contributed by atoms with Gasteiger partial charge in [0.1, 0.15) is 5.75 Å². The first-order valence-corrected chi connectivity index (χ1v) is 14.5. The molecule has 39 heavy (non-hydrogen) atoms. The molecule has 2 heterocycles. The van der Waals surface area contributed by atoms with Crippen LogP contribution in [0.3, 0.4) is 0 Å². The van der Waals surface area contributed by atoms with Gasteiger partial charge in [0.15, 0.2) is 5.82 Å². The molecule has 8 nitrogen and oxygen atoms in total. The van der Waals surface area contributed by atoms with E-state index in [2.05, 4.69) is 59.7 Å². The Bertz CT molecular complexity index is 1680. The summed E-state index contributed by atoms with van der Waals surface area (Å²) in [5, 5.41) is 10.1. The van der Waals surface area contributed by atoms with Crippen molar-refractivity contribution in [2.45, 2.75) is 32.6 Å². The third-order valence-electron chi connectivity index (χ3n) is 6.78. The lowest BCUT2D eigenvalue weighted by molar-refractivity contribution is 0.0980. The van der Waals surface area contributed by atoms with Crippen LogP contribution in [0, 0.1) is 0 Å². The van der Waals surface area contributed by atoms with E-state index in [0.29, 0.717) is 30.0 Å². The van der Waals surface area contributed by atoms with E-state index >= 15 is 0 Å². The molecule has 0 aliphatic carbocycles. The Balaban J connectivity index is 1.51. The van der Waals surface area contributed by atoms with Crippen LogP contribution in [0.2, 0.25) is 0 Å². The van der Waals surface area contributed by atoms with E-state index in [1.165, 1.54) is 17.7 Å². The first-order valence-electron chi connectivity index (χ1n) is 12.6. The number of anilines is 2. The summed E-state index contributed by atoms with van der Waals surface area (Å²) in [4.78, 5) is 24.1. The van der Waals surface area contributed by atoms with E-state index in [1.54, 1.807) is 29.4 Å². The second-order valence-electron chi connectivity index (χ2n) is 10.7. The van der Waals surface area contributed by atoms with Crippen molar-refractivity contribution >= 4 is 27.3 Å². The number of sulfonamides is 1. The standard InChI is InChI=1S/C30H30N4O4S/c1-30(2,3)21-7-10-23(25(17-21)28-31-13-5-14-32-28)19-6-9-24-20(16-19)12-15-34(29(24)36)22-8-11-27(35)26(18-22)33-39(4,37)38/h5-11,13-14,16-18,33,35H,12,15H2,1-4H3. The predicted octanol–water partition coefficient (Wildman–Crippen LogP) is 5.39. The van der Waals surface area contributed by atoms with Gasteiger partial charge in [-0.1, -0.05) is 45.0 Å². The van der Waals surface area contributed by atoms with Gasteiger partial charge in [-0.2, -0.15) is 0 Å². The summed E-state index contributed by atoms with van der Waals surface area (Å²) < 4.78 is 25.7. The van der Waals surface area contributed by atoms with Crippen LogP contribution in [0.1, 0.15) is 42.3 Å². The van der Waals surface area contributed by atoms with Crippen LogP contribution in [-0.4, -0.2) is 42.2 Å². The smallest absolute Gasteiger partial charge is 0.258 e. The summed E-state index contributed by atoms with van der Waals surface area (Å²) in [6.45, 7) is 6.92. The summed E-state index contributed by atoms with van der Waals surface area (Å²) in [5.74, 6) is 0.243. The number of aromatic hydroxyl groups is 1. The normalized spacial score (nSPS) is 13.7. The largest absolute Gasteiger partial charge is 0.506 e. The molecule has 0 unspecified atom stereocenters. The maximum absolute atomic E-state index is 13.5. The predicted molar refractivity (Wildman–Crippen MR) is 154 cm³/mol. The number of phenolic OH excluding ortho intramolecular Hbond substituents is 1. The number of amides is 1. The lowest BCUT2D eigenvalue weighted by Gasteiger charge is -2.29. The Kier molecular flexibility index (Phi) is 6.64. The summed E-state index contributed by atoms with van der Waals surface area (Å²) in [7, 11) is -3.60. The molecule has 0 bridgehead atoms. The number of phenols is 1. The zero-order chi connectivity index (χ0) is 27.9. The SMILES string of the molecule is CC(C)(C)c1ccc(-c2ccc3c(c2)CCN(c2ccc(O)c(NS(C)(=O)=O)c2)C3=O)c(-c2ncccn2)c1. The third-order valence-corrected chi connectivity index (χ3v) is 7.37. The summed E-state index contributed by atoms with van der Waals surface area (Å²) in [5.41, 5.74) is 6.07. The van der Waals surface area contributed by atoms with E-state index in [0.717, 1.165) is 28.5 Å². The fourth-order valence-electron chi connectivity index (χ4n) is 4.76. The number of nitrogens with one attached hydrogen (secondary N) is 1. The second kappa shape index (κ2) is 9.81. The first kappa shape index (κ1) is 26.4. The minimum absolute atomic E-state index is 0.0262. The lowest BCUT2D eigenvalue weighted by atomic mass is 9.83. The van der Waals surface area contributed by atoms with Crippen molar-refractivity contribution in [3.8, 4) is 28.3 Å². The molecule has 1 aliphatic heterocycles. The van der Waals surface area contributed by atoms with Gasteiger partial charge < -0.3 is 10.0 Å². The third kappa shape index (κ3) is 5.49. The molecule has 1 amide bonds. The Labute approximate surface area is 228 Å². The number of rotatable bonds is 5. The molecule has 3 aromatic carbocycles. The minimum Gasteiger partial charge on any atom is -0.506 e. The Morgan fingerprint density at radius 1 is 0.923 bits per heavy atom.